The van der Waals surface area contributed by atoms with Gasteiger partial charge in [0.2, 0.25) is 5.78 Å². The summed E-state index contributed by atoms with van der Waals surface area (Å²) in [5, 5.41) is 20.2. The van der Waals surface area contributed by atoms with E-state index in [0.29, 0.717) is 13.0 Å². The lowest BCUT2D eigenvalue weighted by molar-refractivity contribution is -0.145. The number of nitrogens with one attached hydrogen (secondary N) is 2. The summed E-state index contributed by atoms with van der Waals surface area (Å²) in [6, 6.07) is 3.90. The molecule has 8 heteroatoms. The van der Waals surface area contributed by atoms with E-state index in [9.17, 15) is 19.2 Å². The Morgan fingerprint density at radius 1 is 0.923 bits per heavy atom. The van der Waals surface area contributed by atoms with Crippen molar-refractivity contribution in [3.8, 4) is 0 Å². The first kappa shape index (κ1) is 33.9. The zero-order valence-electron chi connectivity index (χ0n) is 23.8. The van der Waals surface area contributed by atoms with E-state index in [0.717, 1.165) is 25.0 Å². The molecule has 1 unspecified atom stereocenters. The second-order valence-electron chi connectivity index (χ2n) is 10.5. The van der Waals surface area contributed by atoms with Gasteiger partial charge in [0.1, 0.15) is 0 Å². The Morgan fingerprint density at radius 2 is 1.51 bits per heavy atom. The van der Waals surface area contributed by atoms with E-state index < -0.39 is 23.3 Å². The van der Waals surface area contributed by atoms with Gasteiger partial charge in [0.05, 0.1) is 5.41 Å². The Hall–Kier alpha value is -3.16. The number of hydrogen-bond acceptors (Lipinski definition) is 4. The number of ketones is 1. The Bertz CT molecular complexity index is 935. The predicted octanol–water partition coefficient (Wildman–Crippen LogP) is 6.38. The molecule has 1 aliphatic rings. The van der Waals surface area contributed by atoms with E-state index in [2.05, 4.69) is 17.2 Å². The van der Waals surface area contributed by atoms with Crippen molar-refractivity contribution in [3.63, 3.8) is 0 Å². The topological polar surface area (TPSA) is 137 Å². The standard InChI is InChI=1S/C22H38N2O2.C9H10O4/c1-2-3-4-5-6-7-8-9-10-11-12-13-16-21(25)22(26)24-19-17-20-15-14-18-23-20;1-9(8(12)13)4-2-3-6(5-9)7(10)11/h14-15,18,23H,2-13,16-17,19H2,1H3,(H,24,26);2-4H,5H2,1H3,(H,10,11)(H,12,13). The number of Topliss-reactive ketones (excluding diaryl/α,β-unsaturated/α-hetero) is 1. The third-order valence-corrected chi connectivity index (χ3v) is 6.94. The van der Waals surface area contributed by atoms with Gasteiger partial charge in [0.15, 0.2) is 0 Å². The highest BCUT2D eigenvalue weighted by atomic mass is 16.4. The average Bonchev–Trinajstić information content (AvgIpc) is 3.43. The number of unbranched alkanes of at least 4 members (excludes halogenated alkanes) is 11. The fourth-order valence-corrected chi connectivity index (χ4v) is 4.36. The van der Waals surface area contributed by atoms with Gasteiger partial charge < -0.3 is 20.5 Å². The smallest absolute Gasteiger partial charge is 0.331 e. The lowest BCUT2D eigenvalue weighted by atomic mass is 9.80. The molecule has 0 spiro atoms. The fraction of sp³-hybridized carbons (Fsp3) is 0.613. The number of carboxylic acid groups (broad SMARTS) is 2. The summed E-state index contributed by atoms with van der Waals surface area (Å²) in [7, 11) is 0. The van der Waals surface area contributed by atoms with Gasteiger partial charge in [-0.25, -0.2) is 4.79 Å². The van der Waals surface area contributed by atoms with E-state index in [1.807, 2.05) is 18.3 Å². The van der Waals surface area contributed by atoms with Crippen LogP contribution in [-0.4, -0.2) is 45.4 Å². The molecule has 0 bridgehead atoms. The molecule has 218 valence electrons. The monoisotopic (exact) mass is 544 g/mol. The van der Waals surface area contributed by atoms with Crippen LogP contribution in [0.3, 0.4) is 0 Å². The third kappa shape index (κ3) is 15.1. The van der Waals surface area contributed by atoms with Crippen LogP contribution in [0.4, 0.5) is 0 Å². The molecule has 1 atom stereocenters. The summed E-state index contributed by atoms with van der Waals surface area (Å²) < 4.78 is 0. The quantitative estimate of drug-likeness (QED) is 0.118. The number of rotatable bonds is 19. The third-order valence-electron chi connectivity index (χ3n) is 6.94. The molecule has 0 aliphatic heterocycles. The van der Waals surface area contributed by atoms with Gasteiger partial charge in [0, 0.05) is 36.9 Å². The van der Waals surface area contributed by atoms with Crippen molar-refractivity contribution in [2.75, 3.05) is 6.54 Å². The van der Waals surface area contributed by atoms with Gasteiger partial charge in [-0.3, -0.25) is 14.4 Å². The number of aromatic amines is 1. The maximum absolute atomic E-state index is 11.8. The molecule has 1 aromatic rings. The van der Waals surface area contributed by atoms with E-state index in [1.54, 1.807) is 0 Å². The molecule has 1 aromatic heterocycles. The molecule has 0 aromatic carbocycles. The van der Waals surface area contributed by atoms with Crippen molar-refractivity contribution in [2.45, 2.75) is 110 Å². The highest BCUT2D eigenvalue weighted by Gasteiger charge is 2.34. The number of aliphatic carboxylic acids is 2. The maximum Gasteiger partial charge on any atom is 0.331 e. The number of hydrogen-bond donors (Lipinski definition) is 4. The van der Waals surface area contributed by atoms with Crippen LogP contribution >= 0.6 is 0 Å². The molecule has 0 fully saturated rings. The number of carbonyl (C=O) groups is 4. The molecule has 8 nitrogen and oxygen atoms in total. The van der Waals surface area contributed by atoms with Crippen molar-refractivity contribution in [1.29, 1.82) is 0 Å². The Kier molecular flexibility index (Phi) is 17.2. The van der Waals surface area contributed by atoms with Gasteiger partial charge in [-0.1, -0.05) is 95.8 Å². The fourth-order valence-electron chi connectivity index (χ4n) is 4.36. The van der Waals surface area contributed by atoms with Crippen molar-refractivity contribution in [1.82, 2.24) is 10.3 Å². The highest BCUT2D eigenvalue weighted by Crippen LogP contribution is 2.31. The largest absolute Gasteiger partial charge is 0.481 e. The first-order valence-corrected chi connectivity index (χ1v) is 14.5. The molecule has 1 heterocycles. The molecule has 4 N–H and O–H groups in total. The minimum atomic E-state index is -1.08. The molecular formula is C31H48N2O6. The van der Waals surface area contributed by atoms with Crippen LogP contribution in [0.5, 0.6) is 0 Å². The molecule has 0 radical (unpaired) electrons. The van der Waals surface area contributed by atoms with Crippen LogP contribution in [0.15, 0.2) is 42.1 Å². The summed E-state index contributed by atoms with van der Waals surface area (Å²) in [5.41, 5.74) is 0.119. The van der Waals surface area contributed by atoms with E-state index in [-0.39, 0.29) is 17.8 Å². The first-order valence-electron chi connectivity index (χ1n) is 14.5. The van der Waals surface area contributed by atoms with E-state index in [1.165, 1.54) is 89.4 Å². The first-order chi connectivity index (χ1) is 18.7. The van der Waals surface area contributed by atoms with Gasteiger partial charge >= 0.3 is 11.9 Å². The summed E-state index contributed by atoms with van der Waals surface area (Å²) >= 11 is 0. The van der Waals surface area contributed by atoms with Crippen LogP contribution in [-0.2, 0) is 25.6 Å². The van der Waals surface area contributed by atoms with Gasteiger partial charge in [-0.05, 0) is 31.9 Å². The average molecular weight is 545 g/mol. The normalized spacial score (nSPS) is 16.1. The number of H-pyrrole nitrogens is 1. The Balaban J connectivity index is 0.000000487. The molecular weight excluding hydrogens is 496 g/mol. The summed E-state index contributed by atoms with van der Waals surface area (Å²) in [6.45, 7) is 4.26. The predicted molar refractivity (Wildman–Crippen MR) is 153 cm³/mol. The van der Waals surface area contributed by atoms with Crippen LogP contribution in [0.25, 0.3) is 0 Å². The number of aromatic nitrogens is 1. The molecule has 2 rings (SSSR count). The Labute approximate surface area is 233 Å². The summed E-state index contributed by atoms with van der Waals surface area (Å²) in [6.07, 6.45) is 22.6. The van der Waals surface area contributed by atoms with Crippen molar-refractivity contribution < 1.29 is 29.4 Å². The van der Waals surface area contributed by atoms with Gasteiger partial charge in [-0.2, -0.15) is 0 Å². The molecule has 1 amide bonds. The zero-order chi connectivity index (χ0) is 28.9. The molecule has 39 heavy (non-hydrogen) atoms. The van der Waals surface area contributed by atoms with Crippen LogP contribution in [0.2, 0.25) is 0 Å². The molecule has 1 aliphatic carbocycles. The van der Waals surface area contributed by atoms with Crippen molar-refractivity contribution in [2.24, 2.45) is 5.41 Å². The number of carbonyl (C=O) groups excluding carboxylic acids is 2. The number of carboxylic acids is 2. The maximum atomic E-state index is 11.8. The summed E-state index contributed by atoms with van der Waals surface area (Å²) in [4.78, 5) is 48.0. The minimum absolute atomic E-state index is 0.0359. The van der Waals surface area contributed by atoms with Crippen molar-refractivity contribution >= 4 is 23.6 Å². The van der Waals surface area contributed by atoms with Crippen LogP contribution < -0.4 is 5.32 Å². The number of amides is 1. The highest BCUT2D eigenvalue weighted by molar-refractivity contribution is 6.36. The van der Waals surface area contributed by atoms with Crippen LogP contribution in [0, 0.1) is 5.41 Å². The lowest BCUT2D eigenvalue weighted by Gasteiger charge is -2.23. The Morgan fingerprint density at radius 3 is 2.03 bits per heavy atom. The second kappa shape index (κ2) is 19.8. The van der Waals surface area contributed by atoms with E-state index >= 15 is 0 Å². The second-order valence-corrected chi connectivity index (χ2v) is 10.5. The summed E-state index contributed by atoms with van der Waals surface area (Å²) in [5.74, 6) is -2.77. The number of allylic oxidation sites excluding steroid dienone is 2. The molecule has 0 saturated heterocycles. The SMILES string of the molecule is CC1(C(=O)O)C=CC=C(C(=O)O)C1.CCCCCCCCCCCCCCC(=O)C(=O)NCCc1ccc[nH]1. The minimum Gasteiger partial charge on any atom is -0.481 e. The van der Waals surface area contributed by atoms with Gasteiger partial charge in [0.25, 0.3) is 5.91 Å². The van der Waals surface area contributed by atoms with Crippen molar-refractivity contribution in [3.05, 3.63) is 47.8 Å². The van der Waals surface area contributed by atoms with Gasteiger partial charge in [-0.15, -0.1) is 0 Å². The van der Waals surface area contributed by atoms with E-state index in [4.69, 9.17) is 10.2 Å². The lowest BCUT2D eigenvalue weighted by Crippen LogP contribution is -2.32. The van der Waals surface area contributed by atoms with Crippen LogP contribution in [0.1, 0.15) is 109 Å². The zero-order valence-corrected chi connectivity index (χ0v) is 23.8. The molecule has 0 saturated carbocycles.